The molecule has 0 spiro atoms. The Morgan fingerprint density at radius 2 is 1.33 bits per heavy atom. The zero-order valence-electron chi connectivity index (χ0n) is 14.6. The van der Waals surface area contributed by atoms with E-state index < -0.39 is 0 Å². The first-order valence-corrected chi connectivity index (χ1v) is 8.44. The fourth-order valence-corrected chi connectivity index (χ4v) is 4.01. The molecule has 1 aliphatic rings. The van der Waals surface area contributed by atoms with Gasteiger partial charge in [-0.1, -0.05) is 32.6 Å². The van der Waals surface area contributed by atoms with Crippen LogP contribution < -0.4 is 0 Å². The minimum Gasteiger partial charge on any atom is -0.294 e. The van der Waals surface area contributed by atoms with Crippen LogP contribution in [0.3, 0.4) is 0 Å². The Kier molecular flexibility index (Phi) is 4.91. The highest BCUT2D eigenvalue weighted by atomic mass is 16.1. The van der Waals surface area contributed by atoms with Gasteiger partial charge in [-0.15, -0.1) is 0 Å². The zero-order chi connectivity index (χ0) is 15.7. The topological polar surface area (TPSA) is 17.1 Å². The number of benzene rings is 1. The Balaban J connectivity index is 2.27. The van der Waals surface area contributed by atoms with Gasteiger partial charge in [0.2, 0.25) is 0 Å². The minimum absolute atomic E-state index is 0.357. The van der Waals surface area contributed by atoms with Gasteiger partial charge in [-0.2, -0.15) is 0 Å². The SMILES string of the molecule is Cc1c(C)c(C)c(C(=O)C[C@H](C)C2CCCC2)c(C)c1C. The first kappa shape index (κ1) is 16.3. The molecule has 0 unspecified atom stereocenters. The van der Waals surface area contributed by atoms with E-state index in [1.807, 2.05) is 0 Å². The zero-order valence-corrected chi connectivity index (χ0v) is 14.6. The van der Waals surface area contributed by atoms with Crippen LogP contribution in [-0.2, 0) is 0 Å². The summed E-state index contributed by atoms with van der Waals surface area (Å²) in [5.41, 5.74) is 7.30. The molecule has 0 aliphatic heterocycles. The number of ketones is 1. The predicted molar refractivity (Wildman–Crippen MR) is 90.2 cm³/mol. The standard InChI is InChI=1S/C20H30O/c1-12(18-9-7-8-10-18)11-19(21)20-16(5)14(3)13(2)15(4)17(20)6/h12,18H,7-11H2,1-6H3/t12-/m0/s1. The maximum Gasteiger partial charge on any atom is 0.163 e. The second kappa shape index (κ2) is 6.34. The van der Waals surface area contributed by atoms with Crippen molar-refractivity contribution in [3.63, 3.8) is 0 Å². The van der Waals surface area contributed by atoms with Gasteiger partial charge in [0, 0.05) is 12.0 Å². The molecule has 0 aromatic heterocycles. The lowest BCUT2D eigenvalue weighted by molar-refractivity contribution is 0.0948. The molecule has 116 valence electrons. The maximum atomic E-state index is 12.9. The smallest absolute Gasteiger partial charge is 0.163 e. The molecule has 1 saturated carbocycles. The summed E-state index contributed by atoms with van der Waals surface area (Å²) in [5.74, 6) is 1.65. The molecule has 21 heavy (non-hydrogen) atoms. The molecular weight excluding hydrogens is 256 g/mol. The molecule has 1 fully saturated rings. The first-order chi connectivity index (χ1) is 9.84. The van der Waals surface area contributed by atoms with E-state index in [-0.39, 0.29) is 0 Å². The molecule has 1 aromatic rings. The van der Waals surface area contributed by atoms with Crippen LogP contribution >= 0.6 is 0 Å². The second-order valence-electron chi connectivity index (χ2n) is 7.15. The number of hydrogen-bond acceptors (Lipinski definition) is 1. The van der Waals surface area contributed by atoms with E-state index in [0.717, 1.165) is 11.5 Å². The van der Waals surface area contributed by atoms with Crippen LogP contribution in [0.2, 0.25) is 0 Å². The molecule has 1 heteroatoms. The summed E-state index contributed by atoms with van der Waals surface area (Å²) < 4.78 is 0. The number of hydrogen-bond donors (Lipinski definition) is 0. The molecule has 2 rings (SSSR count). The van der Waals surface area contributed by atoms with E-state index in [9.17, 15) is 4.79 Å². The van der Waals surface area contributed by atoms with E-state index in [4.69, 9.17) is 0 Å². The van der Waals surface area contributed by atoms with Gasteiger partial charge in [0.05, 0.1) is 0 Å². The molecule has 0 saturated heterocycles. The van der Waals surface area contributed by atoms with Crippen molar-refractivity contribution >= 4 is 5.78 Å². The van der Waals surface area contributed by atoms with E-state index in [1.165, 1.54) is 53.5 Å². The van der Waals surface area contributed by atoms with Crippen molar-refractivity contribution in [3.05, 3.63) is 33.4 Å². The van der Waals surface area contributed by atoms with Gasteiger partial charge in [0.25, 0.3) is 0 Å². The van der Waals surface area contributed by atoms with Gasteiger partial charge < -0.3 is 0 Å². The van der Waals surface area contributed by atoms with Crippen LogP contribution in [0.4, 0.5) is 0 Å². The van der Waals surface area contributed by atoms with Crippen LogP contribution in [0.25, 0.3) is 0 Å². The van der Waals surface area contributed by atoms with Crippen LogP contribution in [0.1, 0.15) is 77.2 Å². The van der Waals surface area contributed by atoms with Gasteiger partial charge in [0.15, 0.2) is 5.78 Å². The van der Waals surface area contributed by atoms with E-state index in [0.29, 0.717) is 18.1 Å². The van der Waals surface area contributed by atoms with Crippen molar-refractivity contribution < 1.29 is 4.79 Å². The Bertz CT molecular complexity index is 518. The van der Waals surface area contributed by atoms with Gasteiger partial charge in [-0.3, -0.25) is 4.79 Å². The number of rotatable bonds is 4. The number of carbonyl (C=O) groups excluding carboxylic acids is 1. The fraction of sp³-hybridized carbons (Fsp3) is 0.650. The minimum atomic E-state index is 0.357. The summed E-state index contributed by atoms with van der Waals surface area (Å²) in [6, 6.07) is 0. The average Bonchev–Trinajstić information content (AvgIpc) is 2.97. The summed E-state index contributed by atoms with van der Waals surface area (Å²) in [6.07, 6.45) is 6.05. The summed E-state index contributed by atoms with van der Waals surface area (Å²) in [5, 5.41) is 0. The van der Waals surface area contributed by atoms with Crippen LogP contribution in [-0.4, -0.2) is 5.78 Å². The number of Topliss-reactive ketones (excluding diaryl/α,β-unsaturated/α-hetero) is 1. The molecule has 0 heterocycles. The van der Waals surface area contributed by atoms with Crippen LogP contribution in [0, 0.1) is 46.5 Å². The molecule has 1 atom stereocenters. The summed E-state index contributed by atoms with van der Waals surface area (Å²) >= 11 is 0. The highest BCUT2D eigenvalue weighted by Gasteiger charge is 2.25. The third-order valence-corrected chi connectivity index (χ3v) is 5.99. The van der Waals surface area contributed by atoms with Gasteiger partial charge >= 0.3 is 0 Å². The lowest BCUT2D eigenvalue weighted by atomic mass is 9.82. The third kappa shape index (κ3) is 3.07. The van der Waals surface area contributed by atoms with Crippen molar-refractivity contribution in [2.45, 2.75) is 73.6 Å². The van der Waals surface area contributed by atoms with Gasteiger partial charge in [-0.05, 0) is 74.3 Å². The monoisotopic (exact) mass is 286 g/mol. The Hall–Kier alpha value is -1.11. The summed E-state index contributed by atoms with van der Waals surface area (Å²) in [6.45, 7) is 13.0. The van der Waals surface area contributed by atoms with E-state index >= 15 is 0 Å². The average molecular weight is 286 g/mol. The second-order valence-corrected chi connectivity index (χ2v) is 7.15. The highest BCUT2D eigenvalue weighted by molar-refractivity contribution is 5.99. The first-order valence-electron chi connectivity index (χ1n) is 8.44. The van der Waals surface area contributed by atoms with Gasteiger partial charge in [0.1, 0.15) is 0 Å². The predicted octanol–water partition coefficient (Wildman–Crippen LogP) is 5.63. The molecule has 0 N–H and O–H groups in total. The highest BCUT2D eigenvalue weighted by Crippen LogP contribution is 2.34. The van der Waals surface area contributed by atoms with E-state index in [2.05, 4.69) is 41.5 Å². The van der Waals surface area contributed by atoms with Crippen molar-refractivity contribution in [2.24, 2.45) is 11.8 Å². The molecular formula is C20H30O. The molecule has 0 amide bonds. The molecule has 1 aliphatic carbocycles. The largest absolute Gasteiger partial charge is 0.294 e. The van der Waals surface area contributed by atoms with Crippen LogP contribution in [0.15, 0.2) is 0 Å². The van der Waals surface area contributed by atoms with E-state index in [1.54, 1.807) is 0 Å². The Morgan fingerprint density at radius 3 is 1.81 bits per heavy atom. The van der Waals surface area contributed by atoms with Crippen molar-refractivity contribution in [1.82, 2.24) is 0 Å². The molecule has 0 radical (unpaired) electrons. The normalized spacial score (nSPS) is 17.2. The lowest BCUT2D eigenvalue weighted by Crippen LogP contribution is -2.16. The molecule has 1 nitrogen and oxygen atoms in total. The van der Waals surface area contributed by atoms with Crippen molar-refractivity contribution in [2.75, 3.05) is 0 Å². The third-order valence-electron chi connectivity index (χ3n) is 5.99. The Labute approximate surface area is 130 Å². The summed E-state index contributed by atoms with van der Waals surface area (Å²) in [7, 11) is 0. The van der Waals surface area contributed by atoms with Crippen LogP contribution in [0.5, 0.6) is 0 Å². The summed E-state index contributed by atoms with van der Waals surface area (Å²) in [4.78, 5) is 12.9. The fourth-order valence-electron chi connectivity index (χ4n) is 4.01. The quantitative estimate of drug-likeness (QED) is 0.656. The molecule has 1 aromatic carbocycles. The van der Waals surface area contributed by atoms with Gasteiger partial charge in [-0.25, -0.2) is 0 Å². The Morgan fingerprint density at radius 1 is 0.905 bits per heavy atom. The van der Waals surface area contributed by atoms with Crippen molar-refractivity contribution in [1.29, 1.82) is 0 Å². The lowest BCUT2D eigenvalue weighted by Gasteiger charge is -2.21. The maximum absolute atomic E-state index is 12.9. The molecule has 0 bridgehead atoms. The number of carbonyl (C=O) groups is 1. The van der Waals surface area contributed by atoms with Crippen molar-refractivity contribution in [3.8, 4) is 0 Å².